The zero-order chi connectivity index (χ0) is 24.6. The van der Waals surface area contributed by atoms with Crippen LogP contribution in [-0.4, -0.2) is 38.2 Å². The molecule has 0 saturated heterocycles. The molecule has 1 unspecified atom stereocenters. The van der Waals surface area contributed by atoms with Gasteiger partial charge in [-0.05, 0) is 55.3 Å². The first-order valence-corrected chi connectivity index (χ1v) is 12.0. The van der Waals surface area contributed by atoms with Crippen molar-refractivity contribution in [1.82, 2.24) is 24.5 Å². The van der Waals surface area contributed by atoms with E-state index in [1.54, 1.807) is 25.4 Å². The van der Waals surface area contributed by atoms with Crippen molar-refractivity contribution in [2.45, 2.75) is 25.8 Å². The molecule has 7 nitrogen and oxygen atoms in total. The fraction of sp³-hybridized carbons (Fsp3) is 0.214. The normalized spacial score (nSPS) is 14.7. The van der Waals surface area contributed by atoms with E-state index in [4.69, 9.17) is 19.7 Å². The number of nitrogens with one attached hydrogen (secondary N) is 1. The molecule has 3 aromatic heterocycles. The number of pyridine rings is 1. The van der Waals surface area contributed by atoms with Gasteiger partial charge in [0.05, 0.1) is 28.6 Å². The third-order valence-corrected chi connectivity index (χ3v) is 6.61. The number of para-hydroxylation sites is 1. The molecule has 0 aliphatic carbocycles. The van der Waals surface area contributed by atoms with E-state index in [1.165, 1.54) is 12.1 Å². The first-order valence-electron chi connectivity index (χ1n) is 12.0. The van der Waals surface area contributed by atoms with E-state index in [9.17, 15) is 4.39 Å². The number of hydrogen-bond acceptors (Lipinski definition) is 6. The van der Waals surface area contributed by atoms with E-state index in [2.05, 4.69) is 27.9 Å². The third kappa shape index (κ3) is 3.94. The number of imidazole rings is 1. The predicted molar refractivity (Wildman–Crippen MR) is 138 cm³/mol. The zero-order valence-corrected chi connectivity index (χ0v) is 20.1. The van der Waals surface area contributed by atoms with Crippen LogP contribution in [0.25, 0.3) is 33.5 Å². The van der Waals surface area contributed by atoms with Crippen LogP contribution in [0.1, 0.15) is 23.9 Å². The van der Waals surface area contributed by atoms with Gasteiger partial charge < -0.3 is 14.6 Å². The number of aryl methyl sites for hydroxylation is 2. The molecule has 5 aromatic rings. The maximum atomic E-state index is 13.7. The minimum absolute atomic E-state index is 0.0540. The Hall–Kier alpha value is -4.33. The van der Waals surface area contributed by atoms with Gasteiger partial charge in [0.25, 0.3) is 0 Å². The minimum Gasteiger partial charge on any atom is -0.475 e. The average molecular weight is 481 g/mol. The molecule has 4 heterocycles. The molecule has 0 radical (unpaired) electrons. The second kappa shape index (κ2) is 9.03. The van der Waals surface area contributed by atoms with Gasteiger partial charge in [-0.15, -0.1) is 0 Å². The number of nitrogens with zero attached hydrogens (tertiary/aromatic N) is 5. The first-order chi connectivity index (χ1) is 17.6. The molecule has 6 rings (SSSR count). The Labute approximate surface area is 208 Å². The molecular weight excluding hydrogens is 455 g/mol. The number of aromatic nitrogens is 5. The molecule has 36 heavy (non-hydrogen) atoms. The minimum atomic E-state index is -0.281. The second-order valence-electron chi connectivity index (χ2n) is 8.92. The highest BCUT2D eigenvalue weighted by Gasteiger charge is 2.31. The van der Waals surface area contributed by atoms with Gasteiger partial charge in [-0.2, -0.15) is 0 Å². The lowest BCUT2D eigenvalue weighted by Gasteiger charge is -2.18. The molecule has 8 heteroatoms. The summed E-state index contributed by atoms with van der Waals surface area (Å²) in [6.07, 6.45) is 3.44. The Morgan fingerprint density at radius 1 is 1.06 bits per heavy atom. The second-order valence-corrected chi connectivity index (χ2v) is 8.92. The lowest BCUT2D eigenvalue weighted by molar-refractivity contribution is 0.248. The lowest BCUT2D eigenvalue weighted by Crippen LogP contribution is -2.16. The van der Waals surface area contributed by atoms with E-state index in [0.717, 1.165) is 57.8 Å². The van der Waals surface area contributed by atoms with Crippen molar-refractivity contribution in [3.63, 3.8) is 0 Å². The van der Waals surface area contributed by atoms with Crippen LogP contribution in [-0.2, 0) is 6.42 Å². The number of benzene rings is 2. The summed E-state index contributed by atoms with van der Waals surface area (Å²) in [5.41, 5.74) is 5.29. The molecule has 0 spiro atoms. The molecule has 0 bridgehead atoms. The van der Waals surface area contributed by atoms with Crippen molar-refractivity contribution >= 4 is 16.9 Å². The van der Waals surface area contributed by atoms with Crippen LogP contribution >= 0.6 is 0 Å². The predicted octanol–water partition coefficient (Wildman–Crippen LogP) is 5.61. The smallest absolute Gasteiger partial charge is 0.222 e. The van der Waals surface area contributed by atoms with E-state index in [-0.39, 0.29) is 11.9 Å². The Balaban J connectivity index is 1.39. The van der Waals surface area contributed by atoms with Gasteiger partial charge in [0.15, 0.2) is 0 Å². The molecule has 1 N–H and O–H groups in total. The Morgan fingerprint density at radius 3 is 2.72 bits per heavy atom. The number of anilines is 1. The Kier molecular flexibility index (Phi) is 5.56. The van der Waals surface area contributed by atoms with E-state index < -0.39 is 0 Å². The monoisotopic (exact) mass is 480 g/mol. The van der Waals surface area contributed by atoms with Crippen LogP contribution in [0.3, 0.4) is 0 Å². The van der Waals surface area contributed by atoms with Crippen molar-refractivity contribution in [2.75, 3.05) is 19.0 Å². The van der Waals surface area contributed by atoms with Gasteiger partial charge in [0, 0.05) is 36.7 Å². The summed E-state index contributed by atoms with van der Waals surface area (Å²) in [5.74, 6) is 1.82. The van der Waals surface area contributed by atoms with Gasteiger partial charge in [0.2, 0.25) is 11.8 Å². The van der Waals surface area contributed by atoms with Crippen LogP contribution < -0.4 is 10.1 Å². The van der Waals surface area contributed by atoms with Crippen LogP contribution in [0.4, 0.5) is 10.3 Å². The number of rotatable bonds is 6. The maximum Gasteiger partial charge on any atom is 0.222 e. The van der Waals surface area contributed by atoms with Crippen LogP contribution in [0.15, 0.2) is 66.9 Å². The number of halogens is 1. The van der Waals surface area contributed by atoms with Gasteiger partial charge in [-0.25, -0.2) is 24.3 Å². The van der Waals surface area contributed by atoms with Crippen LogP contribution in [0, 0.1) is 12.7 Å². The number of hydrogen-bond donors (Lipinski definition) is 1. The summed E-state index contributed by atoms with van der Waals surface area (Å²) in [4.78, 5) is 18.6. The quantitative estimate of drug-likeness (QED) is 0.340. The van der Waals surface area contributed by atoms with Crippen LogP contribution in [0.5, 0.6) is 5.88 Å². The maximum absolute atomic E-state index is 13.7. The van der Waals surface area contributed by atoms with Crippen molar-refractivity contribution in [3.05, 3.63) is 84.1 Å². The summed E-state index contributed by atoms with van der Waals surface area (Å²) in [6, 6.07) is 18.4. The van der Waals surface area contributed by atoms with Gasteiger partial charge >= 0.3 is 0 Å². The van der Waals surface area contributed by atoms with E-state index in [1.807, 2.05) is 30.3 Å². The molecular formula is C28H25FN6O. The fourth-order valence-electron chi connectivity index (χ4n) is 4.87. The fourth-order valence-corrected chi connectivity index (χ4v) is 4.87. The number of ether oxygens (including phenoxy) is 1. The summed E-state index contributed by atoms with van der Waals surface area (Å²) in [7, 11) is 1.79. The van der Waals surface area contributed by atoms with E-state index in [0.29, 0.717) is 18.4 Å². The molecule has 180 valence electrons. The molecule has 2 aromatic carbocycles. The molecule has 0 fully saturated rings. The molecule has 1 atom stereocenters. The van der Waals surface area contributed by atoms with Gasteiger partial charge in [0.1, 0.15) is 18.2 Å². The number of fused-ring (bicyclic) bond motifs is 2. The van der Waals surface area contributed by atoms with Crippen molar-refractivity contribution in [3.8, 4) is 28.5 Å². The topological polar surface area (TPSA) is 77.8 Å². The highest BCUT2D eigenvalue weighted by molar-refractivity contribution is 5.82. The Morgan fingerprint density at radius 2 is 1.89 bits per heavy atom. The molecule has 0 saturated carbocycles. The summed E-state index contributed by atoms with van der Waals surface area (Å²) in [5, 5.41) is 4.13. The lowest BCUT2D eigenvalue weighted by atomic mass is 10.1. The molecule has 0 amide bonds. The van der Waals surface area contributed by atoms with Crippen LogP contribution in [0.2, 0.25) is 0 Å². The van der Waals surface area contributed by atoms with Crippen molar-refractivity contribution in [2.24, 2.45) is 0 Å². The standard InChI is InChI=1S/C28H25FN6O/c1-17-15-25(32-22-6-4-3-5-21(17)22)36-16-20-11-12-24-34-26(18-7-9-19(29)10-8-18)27(35(20)24)23-13-14-31-28(30-2)33-23/h3-10,13-15,20H,11-12,16H2,1-2H3,(H,30,31,33). The summed E-state index contributed by atoms with van der Waals surface area (Å²) in [6.45, 7) is 2.52. The largest absolute Gasteiger partial charge is 0.475 e. The average Bonchev–Trinajstić information content (AvgIpc) is 3.47. The Bertz CT molecular complexity index is 1560. The molecule has 1 aliphatic rings. The summed E-state index contributed by atoms with van der Waals surface area (Å²) >= 11 is 0. The zero-order valence-electron chi connectivity index (χ0n) is 20.1. The van der Waals surface area contributed by atoms with Crippen molar-refractivity contribution in [1.29, 1.82) is 0 Å². The van der Waals surface area contributed by atoms with Crippen molar-refractivity contribution < 1.29 is 9.13 Å². The van der Waals surface area contributed by atoms with Gasteiger partial charge in [-0.1, -0.05) is 18.2 Å². The third-order valence-electron chi connectivity index (χ3n) is 6.61. The van der Waals surface area contributed by atoms with E-state index >= 15 is 0 Å². The summed E-state index contributed by atoms with van der Waals surface area (Å²) < 4.78 is 22.1. The van der Waals surface area contributed by atoms with Gasteiger partial charge in [-0.3, -0.25) is 0 Å². The first kappa shape index (κ1) is 22.2. The highest BCUT2D eigenvalue weighted by atomic mass is 19.1. The highest BCUT2D eigenvalue weighted by Crippen LogP contribution is 2.39. The molecule has 1 aliphatic heterocycles. The SMILES string of the molecule is CNc1nccc(-c2c(-c3ccc(F)cc3)nc3n2C(COc2cc(C)c4ccccc4n2)CC3)n1.